The summed E-state index contributed by atoms with van der Waals surface area (Å²) in [6.07, 6.45) is 2.66. The van der Waals surface area contributed by atoms with Crippen LogP contribution in [0.5, 0.6) is 0 Å². The van der Waals surface area contributed by atoms with Crippen molar-refractivity contribution in [2.45, 2.75) is 40.0 Å². The zero-order valence-electron chi connectivity index (χ0n) is 16.7. The third kappa shape index (κ3) is 3.70. The summed E-state index contributed by atoms with van der Waals surface area (Å²) >= 11 is 0. The lowest BCUT2D eigenvalue weighted by Crippen LogP contribution is -2.26. The molecule has 6 heteroatoms. The Morgan fingerprint density at radius 2 is 0.852 bits per heavy atom. The summed E-state index contributed by atoms with van der Waals surface area (Å²) < 4.78 is 0. The number of amidine groups is 3. The maximum atomic E-state index is 4.63. The Kier molecular flexibility index (Phi) is 5.14. The van der Waals surface area contributed by atoms with Crippen LogP contribution >= 0.6 is 0 Å². The Balaban J connectivity index is 1.75. The van der Waals surface area contributed by atoms with Crippen molar-refractivity contribution in [1.82, 2.24) is 16.0 Å². The summed E-state index contributed by atoms with van der Waals surface area (Å²) in [4.78, 5) is 13.9. The summed E-state index contributed by atoms with van der Waals surface area (Å²) in [6.45, 7) is 12.4. The van der Waals surface area contributed by atoms with Gasteiger partial charge in [-0.2, -0.15) is 0 Å². The molecule has 6 nitrogen and oxygen atoms in total. The van der Waals surface area contributed by atoms with Crippen LogP contribution in [-0.2, 0) is 19.3 Å². The van der Waals surface area contributed by atoms with Crippen LogP contribution in [0.15, 0.2) is 15.0 Å². The molecule has 3 heterocycles. The molecule has 0 fully saturated rings. The van der Waals surface area contributed by atoms with Gasteiger partial charge in [0.1, 0.15) is 17.5 Å². The lowest BCUT2D eigenvalue weighted by molar-refractivity contribution is 0.942. The first-order valence-electron chi connectivity index (χ1n) is 10.1. The van der Waals surface area contributed by atoms with Crippen molar-refractivity contribution in [3.05, 3.63) is 33.4 Å². The van der Waals surface area contributed by atoms with Crippen LogP contribution in [0, 0.1) is 20.8 Å². The Morgan fingerprint density at radius 1 is 0.556 bits per heavy atom. The molecular weight excluding hydrogens is 336 g/mol. The van der Waals surface area contributed by atoms with Gasteiger partial charge in [0.05, 0.1) is 19.6 Å². The van der Waals surface area contributed by atoms with E-state index in [9.17, 15) is 0 Å². The number of aliphatic imine (C=N–C) groups is 3. The van der Waals surface area contributed by atoms with Gasteiger partial charge in [-0.1, -0.05) is 0 Å². The van der Waals surface area contributed by atoms with Crippen molar-refractivity contribution in [3.63, 3.8) is 0 Å². The van der Waals surface area contributed by atoms with E-state index in [0.717, 1.165) is 76.0 Å². The van der Waals surface area contributed by atoms with Crippen molar-refractivity contribution in [1.29, 1.82) is 0 Å². The fourth-order valence-corrected chi connectivity index (χ4v) is 4.38. The molecule has 1 aromatic rings. The Morgan fingerprint density at radius 3 is 1.07 bits per heavy atom. The minimum Gasteiger partial charge on any atom is -0.372 e. The van der Waals surface area contributed by atoms with E-state index in [2.05, 4.69) is 51.7 Å². The molecule has 0 spiro atoms. The van der Waals surface area contributed by atoms with Gasteiger partial charge in [0.25, 0.3) is 0 Å². The van der Waals surface area contributed by atoms with Gasteiger partial charge >= 0.3 is 0 Å². The highest BCUT2D eigenvalue weighted by Crippen LogP contribution is 2.29. The molecule has 0 aliphatic carbocycles. The molecule has 0 saturated carbocycles. The summed E-state index contributed by atoms with van der Waals surface area (Å²) in [5.41, 5.74) is 8.41. The van der Waals surface area contributed by atoms with Gasteiger partial charge in [0, 0.05) is 38.9 Å². The molecule has 27 heavy (non-hydrogen) atoms. The van der Waals surface area contributed by atoms with Gasteiger partial charge in [-0.3, -0.25) is 15.0 Å². The molecular formula is C21H30N6. The van der Waals surface area contributed by atoms with Gasteiger partial charge in [0.2, 0.25) is 0 Å². The van der Waals surface area contributed by atoms with Crippen molar-refractivity contribution in [3.8, 4) is 0 Å². The Labute approximate surface area is 161 Å². The van der Waals surface area contributed by atoms with Crippen LogP contribution in [0.25, 0.3) is 0 Å². The fourth-order valence-electron chi connectivity index (χ4n) is 4.38. The van der Waals surface area contributed by atoms with Crippen LogP contribution in [0.3, 0.4) is 0 Å². The van der Waals surface area contributed by atoms with Crippen molar-refractivity contribution in [2.24, 2.45) is 15.0 Å². The summed E-state index contributed by atoms with van der Waals surface area (Å²) in [5.74, 6) is 3.36. The lowest BCUT2D eigenvalue weighted by atomic mass is 9.84. The van der Waals surface area contributed by atoms with E-state index in [4.69, 9.17) is 0 Å². The highest BCUT2D eigenvalue weighted by atomic mass is 15.1. The SMILES string of the molecule is Cc1c(CC2=NCCN2)c(C)c(CC2=NCCN2)c(C)c1CC1=NCCN1. The minimum absolute atomic E-state index is 0.887. The summed E-state index contributed by atoms with van der Waals surface area (Å²) in [6, 6.07) is 0. The van der Waals surface area contributed by atoms with Gasteiger partial charge in [-0.15, -0.1) is 0 Å². The molecule has 144 valence electrons. The molecule has 0 bridgehead atoms. The standard InChI is InChI=1S/C21H30N6/c1-13-16(10-19-22-4-5-23-19)14(2)18(12-21-26-8-9-27-21)15(3)17(13)11-20-24-6-7-25-20/h4-12H2,1-3H3,(H,22,23)(H,24,25)(H,26,27). The number of nitrogens with one attached hydrogen (secondary N) is 3. The van der Waals surface area contributed by atoms with Gasteiger partial charge in [0.15, 0.2) is 0 Å². The topological polar surface area (TPSA) is 73.2 Å². The van der Waals surface area contributed by atoms with Crippen LogP contribution in [0.1, 0.15) is 33.4 Å². The quantitative estimate of drug-likeness (QED) is 0.709. The molecule has 0 atom stereocenters. The van der Waals surface area contributed by atoms with Crippen LogP contribution in [-0.4, -0.2) is 56.8 Å². The van der Waals surface area contributed by atoms with Crippen molar-refractivity contribution in [2.75, 3.05) is 39.3 Å². The van der Waals surface area contributed by atoms with E-state index < -0.39 is 0 Å². The normalized spacial score (nSPS) is 18.6. The average molecular weight is 367 g/mol. The second-order valence-electron chi connectivity index (χ2n) is 7.61. The van der Waals surface area contributed by atoms with Gasteiger partial charge in [-0.25, -0.2) is 0 Å². The largest absolute Gasteiger partial charge is 0.372 e. The van der Waals surface area contributed by atoms with Gasteiger partial charge in [-0.05, 0) is 54.2 Å². The highest BCUT2D eigenvalue weighted by molar-refractivity contribution is 5.90. The molecule has 0 unspecified atom stereocenters. The number of benzene rings is 1. The number of rotatable bonds is 6. The number of hydrogen-bond acceptors (Lipinski definition) is 6. The molecule has 0 aromatic heterocycles. The predicted octanol–water partition coefficient (Wildman–Crippen LogP) is 1.24. The smallest absolute Gasteiger partial charge is 0.101 e. The van der Waals surface area contributed by atoms with Crippen LogP contribution < -0.4 is 16.0 Å². The van der Waals surface area contributed by atoms with E-state index in [1.54, 1.807) is 0 Å². The van der Waals surface area contributed by atoms with Gasteiger partial charge < -0.3 is 16.0 Å². The third-order valence-electron chi connectivity index (χ3n) is 5.98. The molecule has 4 rings (SSSR count). The summed E-state index contributed by atoms with van der Waals surface area (Å²) in [5, 5.41) is 10.3. The number of hydrogen-bond donors (Lipinski definition) is 3. The zero-order chi connectivity index (χ0) is 18.8. The van der Waals surface area contributed by atoms with E-state index in [1.165, 1.54) is 33.4 Å². The van der Waals surface area contributed by atoms with E-state index in [-0.39, 0.29) is 0 Å². The van der Waals surface area contributed by atoms with Crippen LogP contribution in [0.4, 0.5) is 0 Å². The third-order valence-corrected chi connectivity index (χ3v) is 5.98. The Bertz CT molecular complexity index is 703. The first-order chi connectivity index (χ1) is 13.1. The van der Waals surface area contributed by atoms with Crippen LogP contribution in [0.2, 0.25) is 0 Å². The second kappa shape index (κ2) is 7.71. The second-order valence-corrected chi connectivity index (χ2v) is 7.61. The lowest BCUT2D eigenvalue weighted by Gasteiger charge is -2.23. The van der Waals surface area contributed by atoms with Crippen molar-refractivity contribution < 1.29 is 0 Å². The zero-order valence-corrected chi connectivity index (χ0v) is 16.7. The molecule has 3 aliphatic rings. The van der Waals surface area contributed by atoms with E-state index >= 15 is 0 Å². The minimum atomic E-state index is 0.887. The van der Waals surface area contributed by atoms with Crippen molar-refractivity contribution >= 4 is 17.5 Å². The first kappa shape index (κ1) is 18.0. The van der Waals surface area contributed by atoms with E-state index in [1.807, 2.05) is 0 Å². The summed E-state index contributed by atoms with van der Waals surface area (Å²) in [7, 11) is 0. The molecule has 3 aliphatic heterocycles. The highest BCUT2D eigenvalue weighted by Gasteiger charge is 2.22. The molecule has 1 aromatic carbocycles. The monoisotopic (exact) mass is 366 g/mol. The predicted molar refractivity (Wildman–Crippen MR) is 113 cm³/mol. The molecule has 0 radical (unpaired) electrons. The average Bonchev–Trinajstić information content (AvgIpc) is 3.43. The Hall–Kier alpha value is -2.37. The first-order valence-corrected chi connectivity index (χ1v) is 10.1. The molecule has 3 N–H and O–H groups in total. The molecule has 0 amide bonds. The number of nitrogens with zero attached hydrogens (tertiary/aromatic N) is 3. The fraction of sp³-hybridized carbons (Fsp3) is 0.571. The van der Waals surface area contributed by atoms with E-state index in [0.29, 0.717) is 0 Å². The maximum Gasteiger partial charge on any atom is 0.101 e. The maximum absolute atomic E-state index is 4.63. The molecule has 0 saturated heterocycles.